The van der Waals surface area contributed by atoms with Crippen LogP contribution in [-0.2, 0) is 0 Å². The number of hydrogen-bond acceptors (Lipinski definition) is 1. The van der Waals surface area contributed by atoms with Crippen molar-refractivity contribution in [3.05, 3.63) is 11.3 Å². The molecule has 11 heavy (non-hydrogen) atoms. The first-order valence-electron chi connectivity index (χ1n) is 4.48. The molecule has 0 spiro atoms. The summed E-state index contributed by atoms with van der Waals surface area (Å²) >= 11 is 0. The lowest BCUT2D eigenvalue weighted by Gasteiger charge is -2.11. The Morgan fingerprint density at radius 2 is 2.09 bits per heavy atom. The van der Waals surface area contributed by atoms with Gasteiger partial charge in [-0.25, -0.2) is 0 Å². The van der Waals surface area contributed by atoms with Gasteiger partial charge < -0.3 is 4.90 Å². The van der Waals surface area contributed by atoms with Gasteiger partial charge in [0.15, 0.2) is 0 Å². The Labute approximate surface area is 73.3 Å². The fourth-order valence-electron chi connectivity index (χ4n) is 0.910. The summed E-state index contributed by atoms with van der Waals surface area (Å²) in [5.74, 6) is 0. The highest BCUT2D eigenvalue weighted by Crippen LogP contribution is 1.91. The van der Waals surface area contributed by atoms with Gasteiger partial charge in [0.1, 0.15) is 0 Å². The van der Waals surface area contributed by atoms with Gasteiger partial charge in [0.2, 0.25) is 0 Å². The predicted molar refractivity (Wildman–Crippen MR) is 56.0 cm³/mol. The summed E-state index contributed by atoms with van der Waals surface area (Å²) in [6, 6.07) is 1.43. The summed E-state index contributed by atoms with van der Waals surface area (Å²) in [5, 5.41) is 0. The Kier molecular flexibility index (Phi) is 6.57. The van der Waals surface area contributed by atoms with Crippen LogP contribution >= 0.6 is 0 Å². The molecule has 0 saturated heterocycles. The summed E-state index contributed by atoms with van der Waals surface area (Å²) in [6.07, 6.45) is 0. The lowest BCUT2D eigenvalue weighted by molar-refractivity contribution is 0.373. The second kappa shape index (κ2) is 6.62. The van der Waals surface area contributed by atoms with Gasteiger partial charge in [-0.15, -0.1) is 5.70 Å². The molecule has 0 fully saturated rings. The van der Waals surface area contributed by atoms with E-state index in [-0.39, 0.29) is 9.52 Å². The van der Waals surface area contributed by atoms with Gasteiger partial charge in [0, 0.05) is 9.52 Å². The van der Waals surface area contributed by atoms with Crippen molar-refractivity contribution in [1.82, 2.24) is 4.90 Å². The van der Waals surface area contributed by atoms with E-state index in [1.54, 1.807) is 0 Å². The molecule has 0 saturated carbocycles. The van der Waals surface area contributed by atoms with E-state index < -0.39 is 0 Å². The third-order valence-electron chi connectivity index (χ3n) is 1.84. The van der Waals surface area contributed by atoms with Gasteiger partial charge in [-0.05, 0) is 40.0 Å². The van der Waals surface area contributed by atoms with E-state index in [4.69, 9.17) is 0 Å². The zero-order chi connectivity index (χ0) is 8.69. The van der Waals surface area contributed by atoms with E-state index in [1.807, 2.05) is 0 Å². The summed E-state index contributed by atoms with van der Waals surface area (Å²) in [7, 11) is 2.30. The Hall–Kier alpha value is -0.0831. The van der Waals surface area contributed by atoms with Gasteiger partial charge in [-0.2, -0.15) is 0 Å². The molecule has 0 rings (SSSR count). The molecule has 1 nitrogen and oxygen atoms in total. The van der Waals surface area contributed by atoms with Crippen molar-refractivity contribution < 1.29 is 0 Å². The Bertz CT molecular complexity index is 117. The zero-order valence-corrected chi connectivity index (χ0v) is 9.77. The normalized spacial score (nSPS) is 11.4. The maximum Gasteiger partial charge on any atom is 0.0465 e. The maximum absolute atomic E-state index is 2.45. The summed E-state index contributed by atoms with van der Waals surface area (Å²) in [4.78, 5) is 2.38. The maximum atomic E-state index is 2.45. The van der Waals surface area contributed by atoms with E-state index in [2.05, 4.69) is 38.4 Å². The predicted octanol–water partition coefficient (Wildman–Crippen LogP) is 1.45. The first-order chi connectivity index (χ1) is 5.16. The monoisotopic (exact) mass is 171 g/mol. The van der Waals surface area contributed by atoms with Crippen molar-refractivity contribution in [2.24, 2.45) is 0 Å². The van der Waals surface area contributed by atoms with Crippen molar-refractivity contribution in [3.8, 4) is 0 Å². The number of allylic oxidation sites excluding steroid dienone is 1. The number of hydrogen-bond donors (Lipinski definition) is 0. The highest BCUT2D eigenvalue weighted by atomic mass is 28.2. The molecule has 0 aromatic heterocycles. The Morgan fingerprint density at radius 1 is 1.45 bits per heavy atom. The van der Waals surface area contributed by atoms with Crippen LogP contribution in [0.5, 0.6) is 0 Å². The van der Waals surface area contributed by atoms with Crippen molar-refractivity contribution in [1.29, 1.82) is 0 Å². The molecule has 0 radical (unpaired) electrons. The first kappa shape index (κ1) is 10.9. The second-order valence-corrected chi connectivity index (χ2v) is 5.01. The lowest BCUT2D eigenvalue weighted by atomic mass is 10.4. The third-order valence-corrected chi connectivity index (χ3v) is 3.67. The molecule has 0 aromatic rings. The van der Waals surface area contributed by atoms with Crippen LogP contribution < -0.4 is 0 Å². The quantitative estimate of drug-likeness (QED) is 0.447. The van der Waals surface area contributed by atoms with E-state index in [0.717, 1.165) is 0 Å². The molecule has 0 aliphatic heterocycles. The molecule has 0 unspecified atom stereocenters. The standard InChI is InChI=1S/C9H21NSi/c1-5-10(4)6-7-11-8-9(2)3/h8H,5-7,11H2,1-4H3. The Balaban J connectivity index is 3.21. The third kappa shape index (κ3) is 7.82. The molecule has 0 N–H and O–H groups in total. The van der Waals surface area contributed by atoms with Gasteiger partial charge in [0.05, 0.1) is 0 Å². The second-order valence-electron chi connectivity index (χ2n) is 3.32. The molecule has 0 aromatic carbocycles. The van der Waals surface area contributed by atoms with Crippen LogP contribution in [0.1, 0.15) is 20.8 Å². The summed E-state index contributed by atoms with van der Waals surface area (Å²) in [5.41, 5.74) is 3.94. The van der Waals surface area contributed by atoms with E-state index in [0.29, 0.717) is 0 Å². The molecule has 0 amide bonds. The topological polar surface area (TPSA) is 3.24 Å². The molecular formula is C9H21NSi. The minimum atomic E-state index is 0.108. The fraction of sp³-hybridized carbons (Fsp3) is 0.778. The van der Waals surface area contributed by atoms with Gasteiger partial charge in [-0.1, -0.05) is 12.5 Å². The molecule has 0 aliphatic carbocycles. The fourth-order valence-corrected chi connectivity index (χ4v) is 2.41. The molecule has 2 heteroatoms. The van der Waals surface area contributed by atoms with Gasteiger partial charge in [0.25, 0.3) is 0 Å². The molecule has 0 heterocycles. The van der Waals surface area contributed by atoms with Crippen LogP contribution in [-0.4, -0.2) is 34.6 Å². The Morgan fingerprint density at radius 3 is 2.55 bits per heavy atom. The number of nitrogens with zero attached hydrogens (tertiary/aromatic N) is 1. The molecular weight excluding hydrogens is 150 g/mol. The van der Waals surface area contributed by atoms with Crippen molar-refractivity contribution in [2.45, 2.75) is 26.8 Å². The molecule has 0 atom stereocenters. The first-order valence-corrected chi connectivity index (χ1v) is 6.30. The average molecular weight is 171 g/mol. The minimum absolute atomic E-state index is 0.108. The average Bonchev–Trinajstić information content (AvgIpc) is 1.97. The van der Waals surface area contributed by atoms with Gasteiger partial charge in [-0.3, -0.25) is 0 Å². The summed E-state index contributed by atoms with van der Waals surface area (Å²) in [6.45, 7) is 9.06. The SMILES string of the molecule is CCN(C)CC[SiH2]C=C(C)C. The summed E-state index contributed by atoms with van der Waals surface area (Å²) < 4.78 is 0. The van der Waals surface area contributed by atoms with Crippen LogP contribution in [0, 0.1) is 0 Å². The van der Waals surface area contributed by atoms with Gasteiger partial charge >= 0.3 is 0 Å². The van der Waals surface area contributed by atoms with E-state index in [1.165, 1.54) is 24.7 Å². The van der Waals surface area contributed by atoms with Crippen LogP contribution in [0.25, 0.3) is 0 Å². The van der Waals surface area contributed by atoms with E-state index >= 15 is 0 Å². The smallest absolute Gasteiger partial charge is 0.0465 e. The minimum Gasteiger partial charge on any atom is -0.307 e. The van der Waals surface area contributed by atoms with Crippen LogP contribution in [0.15, 0.2) is 11.3 Å². The van der Waals surface area contributed by atoms with Crippen LogP contribution in [0.3, 0.4) is 0 Å². The van der Waals surface area contributed by atoms with Crippen molar-refractivity contribution in [2.75, 3.05) is 20.1 Å². The van der Waals surface area contributed by atoms with E-state index in [9.17, 15) is 0 Å². The van der Waals surface area contributed by atoms with Crippen molar-refractivity contribution >= 4 is 9.52 Å². The molecule has 66 valence electrons. The molecule has 0 bridgehead atoms. The largest absolute Gasteiger partial charge is 0.307 e. The van der Waals surface area contributed by atoms with Crippen LogP contribution in [0.4, 0.5) is 0 Å². The zero-order valence-electron chi connectivity index (χ0n) is 8.35. The van der Waals surface area contributed by atoms with Crippen molar-refractivity contribution in [3.63, 3.8) is 0 Å². The highest BCUT2D eigenvalue weighted by Gasteiger charge is 1.91. The highest BCUT2D eigenvalue weighted by molar-refractivity contribution is 6.42. The lowest BCUT2D eigenvalue weighted by Crippen LogP contribution is -2.19. The number of rotatable bonds is 5. The molecule has 0 aliphatic rings. The van der Waals surface area contributed by atoms with Crippen LogP contribution in [0.2, 0.25) is 6.04 Å².